The Morgan fingerprint density at radius 3 is 2.54 bits per heavy atom. The fourth-order valence-electron chi connectivity index (χ4n) is 3.58. The molecule has 1 aromatic heterocycles. The monoisotopic (exact) mass is 437 g/mol. The van der Waals surface area contributed by atoms with Gasteiger partial charge < -0.3 is 4.98 Å². The van der Waals surface area contributed by atoms with Crippen molar-refractivity contribution in [3.05, 3.63) is 70.4 Å². The van der Waals surface area contributed by atoms with Gasteiger partial charge in [-0.05, 0) is 41.0 Å². The van der Waals surface area contributed by atoms with E-state index in [0.29, 0.717) is 5.02 Å². The molecule has 28 heavy (non-hydrogen) atoms. The zero-order chi connectivity index (χ0) is 20.3. The number of thioether (sulfide) groups is 1. The Labute approximate surface area is 175 Å². The summed E-state index contributed by atoms with van der Waals surface area (Å²) in [6.45, 7) is 2.12. The van der Waals surface area contributed by atoms with E-state index in [-0.39, 0.29) is 18.4 Å². The average Bonchev–Trinajstić information content (AvgIpc) is 3.06. The molecule has 150 valence electrons. The molecule has 3 aromatic rings. The van der Waals surface area contributed by atoms with Gasteiger partial charge in [0.2, 0.25) is 0 Å². The number of benzene rings is 2. The van der Waals surface area contributed by atoms with Crippen molar-refractivity contribution in [2.45, 2.75) is 18.6 Å². The van der Waals surface area contributed by atoms with Crippen molar-refractivity contribution in [1.29, 1.82) is 0 Å². The highest BCUT2D eigenvalue weighted by Crippen LogP contribution is 2.38. The smallest absolute Gasteiger partial charge is 0.264 e. The molecule has 0 saturated carbocycles. The summed E-state index contributed by atoms with van der Waals surface area (Å²) in [5.74, 6) is 0.840. The van der Waals surface area contributed by atoms with Gasteiger partial charge in [0.15, 0.2) is 0 Å². The predicted octanol–water partition coefficient (Wildman–Crippen LogP) is 5.43. The van der Waals surface area contributed by atoms with Crippen LogP contribution in [0.25, 0.3) is 10.9 Å². The van der Waals surface area contributed by atoms with Crippen molar-refractivity contribution in [1.82, 2.24) is 4.98 Å². The van der Waals surface area contributed by atoms with Crippen molar-refractivity contribution in [3.63, 3.8) is 0 Å². The SMILES string of the molecule is CSCc1cccc2c(C(c3ccc(Cl)cc3)C(C)COS(C)(=O)=O)c[nH]c12. The molecule has 0 aliphatic rings. The molecule has 0 spiro atoms. The van der Waals surface area contributed by atoms with Crippen LogP contribution in [0.4, 0.5) is 0 Å². The molecule has 1 heterocycles. The van der Waals surface area contributed by atoms with Gasteiger partial charge in [-0.3, -0.25) is 4.18 Å². The molecule has 2 unspecified atom stereocenters. The predicted molar refractivity (Wildman–Crippen MR) is 119 cm³/mol. The molecule has 2 atom stereocenters. The summed E-state index contributed by atoms with van der Waals surface area (Å²) in [7, 11) is -3.50. The van der Waals surface area contributed by atoms with Crippen LogP contribution < -0.4 is 0 Å². The van der Waals surface area contributed by atoms with E-state index in [0.717, 1.165) is 34.0 Å². The van der Waals surface area contributed by atoms with Gasteiger partial charge >= 0.3 is 0 Å². The fraction of sp³-hybridized carbons (Fsp3) is 0.333. The Hall–Kier alpha value is -1.47. The van der Waals surface area contributed by atoms with Crippen molar-refractivity contribution in [2.75, 3.05) is 19.1 Å². The minimum absolute atomic E-state index is 0.0303. The van der Waals surface area contributed by atoms with Crippen LogP contribution >= 0.6 is 23.4 Å². The van der Waals surface area contributed by atoms with Crippen LogP contribution in [0.1, 0.15) is 29.5 Å². The van der Waals surface area contributed by atoms with Gasteiger partial charge in [-0.15, -0.1) is 0 Å². The molecule has 0 aliphatic carbocycles. The summed E-state index contributed by atoms with van der Waals surface area (Å²) in [5.41, 5.74) is 4.59. The Balaban J connectivity index is 2.07. The first-order valence-electron chi connectivity index (χ1n) is 8.98. The first kappa shape index (κ1) is 21.2. The number of rotatable bonds is 8. The number of hydrogen-bond acceptors (Lipinski definition) is 4. The lowest BCUT2D eigenvalue weighted by Gasteiger charge is -2.24. The minimum atomic E-state index is -3.50. The number of aromatic nitrogens is 1. The van der Waals surface area contributed by atoms with Crippen LogP contribution in [-0.4, -0.2) is 32.5 Å². The molecule has 1 N–H and O–H groups in total. The van der Waals surface area contributed by atoms with E-state index >= 15 is 0 Å². The lowest BCUT2D eigenvalue weighted by atomic mass is 9.82. The van der Waals surface area contributed by atoms with Gasteiger partial charge in [0.25, 0.3) is 10.1 Å². The summed E-state index contributed by atoms with van der Waals surface area (Å²) in [6, 6.07) is 14.0. The van der Waals surface area contributed by atoms with Crippen molar-refractivity contribution in [2.24, 2.45) is 5.92 Å². The number of H-pyrrole nitrogens is 1. The van der Waals surface area contributed by atoms with E-state index in [2.05, 4.69) is 29.4 Å². The van der Waals surface area contributed by atoms with E-state index in [9.17, 15) is 8.42 Å². The van der Waals surface area contributed by atoms with Crippen LogP contribution in [0.15, 0.2) is 48.7 Å². The first-order chi connectivity index (χ1) is 13.3. The molecule has 0 fully saturated rings. The van der Waals surface area contributed by atoms with Gasteiger partial charge in [-0.25, -0.2) is 0 Å². The van der Waals surface area contributed by atoms with E-state index in [4.69, 9.17) is 15.8 Å². The molecule has 0 amide bonds. The zero-order valence-corrected chi connectivity index (χ0v) is 18.5. The lowest BCUT2D eigenvalue weighted by molar-refractivity contribution is 0.254. The normalized spacial score (nSPS) is 14.3. The fourth-order valence-corrected chi connectivity index (χ4v) is 4.72. The second kappa shape index (κ2) is 8.91. The van der Waals surface area contributed by atoms with Crippen molar-refractivity contribution in [3.8, 4) is 0 Å². The van der Waals surface area contributed by atoms with Crippen molar-refractivity contribution >= 4 is 44.4 Å². The summed E-state index contributed by atoms with van der Waals surface area (Å²) < 4.78 is 28.1. The lowest BCUT2D eigenvalue weighted by Crippen LogP contribution is -2.19. The second-order valence-corrected chi connectivity index (χ2v) is 9.96. The van der Waals surface area contributed by atoms with E-state index in [1.54, 1.807) is 11.8 Å². The number of nitrogens with one attached hydrogen (secondary N) is 1. The molecular formula is C21H24ClNO3S2. The van der Waals surface area contributed by atoms with Crippen LogP contribution in [0, 0.1) is 5.92 Å². The molecule has 7 heteroatoms. The number of para-hydroxylation sites is 1. The molecule has 0 bridgehead atoms. The zero-order valence-electron chi connectivity index (χ0n) is 16.1. The van der Waals surface area contributed by atoms with Crippen LogP contribution in [0.5, 0.6) is 0 Å². The Morgan fingerprint density at radius 1 is 1.18 bits per heavy atom. The van der Waals surface area contributed by atoms with E-state index in [1.807, 2.05) is 37.4 Å². The quantitative estimate of drug-likeness (QED) is 0.477. The molecule has 0 saturated heterocycles. The number of fused-ring (bicyclic) bond motifs is 1. The summed E-state index contributed by atoms with van der Waals surface area (Å²) >= 11 is 7.86. The molecule has 3 rings (SSSR count). The Bertz CT molecular complexity index is 1050. The van der Waals surface area contributed by atoms with Gasteiger partial charge in [-0.1, -0.05) is 48.9 Å². The average molecular weight is 438 g/mol. The summed E-state index contributed by atoms with van der Waals surface area (Å²) in [4.78, 5) is 3.43. The maximum Gasteiger partial charge on any atom is 0.264 e. The topological polar surface area (TPSA) is 59.2 Å². The largest absolute Gasteiger partial charge is 0.361 e. The third-order valence-electron chi connectivity index (χ3n) is 4.81. The third-order valence-corrected chi connectivity index (χ3v) is 6.23. The van der Waals surface area contributed by atoms with Gasteiger partial charge in [-0.2, -0.15) is 20.2 Å². The maximum atomic E-state index is 11.5. The van der Waals surface area contributed by atoms with Crippen molar-refractivity contribution < 1.29 is 12.6 Å². The number of hydrogen-bond donors (Lipinski definition) is 1. The van der Waals surface area contributed by atoms with E-state index in [1.165, 1.54) is 5.56 Å². The highest BCUT2D eigenvalue weighted by Gasteiger charge is 2.26. The summed E-state index contributed by atoms with van der Waals surface area (Å²) in [5, 5.41) is 1.82. The highest BCUT2D eigenvalue weighted by atomic mass is 35.5. The van der Waals surface area contributed by atoms with Crippen LogP contribution in [0.2, 0.25) is 5.02 Å². The summed E-state index contributed by atoms with van der Waals surface area (Å²) in [6.07, 6.45) is 5.20. The van der Waals surface area contributed by atoms with Gasteiger partial charge in [0.1, 0.15) is 0 Å². The number of halogens is 1. The third kappa shape index (κ3) is 4.92. The number of aromatic amines is 1. The van der Waals surface area contributed by atoms with Crippen LogP contribution in [0.3, 0.4) is 0 Å². The van der Waals surface area contributed by atoms with E-state index < -0.39 is 10.1 Å². The maximum absolute atomic E-state index is 11.5. The molecule has 0 aliphatic heterocycles. The molecule has 0 radical (unpaired) electrons. The Kier molecular flexibility index (Phi) is 6.76. The second-order valence-electron chi connectivity index (χ2n) is 7.01. The highest BCUT2D eigenvalue weighted by molar-refractivity contribution is 7.97. The van der Waals surface area contributed by atoms with Crippen LogP contribution in [-0.2, 0) is 20.1 Å². The minimum Gasteiger partial charge on any atom is -0.361 e. The molecule has 4 nitrogen and oxygen atoms in total. The molecule has 2 aromatic carbocycles. The van der Waals surface area contributed by atoms with Gasteiger partial charge in [0, 0.05) is 33.8 Å². The van der Waals surface area contributed by atoms with Gasteiger partial charge in [0.05, 0.1) is 12.9 Å². The first-order valence-corrected chi connectivity index (χ1v) is 12.6. The Morgan fingerprint density at radius 2 is 1.89 bits per heavy atom. The molecular weight excluding hydrogens is 414 g/mol. The standard InChI is InChI=1S/C21H24ClNO3S2/c1-14(12-26-28(3,24)25)20(15-7-9-17(22)10-8-15)19-11-23-21-16(13-27-2)5-4-6-18(19)21/h4-11,14,20,23H,12-13H2,1-3H3.